The summed E-state index contributed by atoms with van der Waals surface area (Å²) in [6, 6.07) is 4.00. The largest absolute Gasteiger partial charge is 0.426 e. The highest BCUT2D eigenvalue weighted by atomic mass is 32.1. The highest BCUT2D eigenvalue weighted by Crippen LogP contribution is 2.04. The van der Waals surface area contributed by atoms with Gasteiger partial charge in [0.1, 0.15) is 52.5 Å². The zero-order valence-corrected chi connectivity index (χ0v) is 50.9. The molecule has 10 rings (SSSR count). The first kappa shape index (κ1) is 76.2. The molecule has 10 aromatic rings. The maximum atomic E-state index is 4.86. The summed E-state index contributed by atoms with van der Waals surface area (Å²) in [7, 11) is 11.1. The summed E-state index contributed by atoms with van der Waals surface area (Å²) in [5.74, 6) is 2.08. The number of hydrogen-bond donors (Lipinski definition) is 0. The van der Waals surface area contributed by atoms with Crippen LogP contribution in [0.15, 0.2) is 83.7 Å². The molecule has 0 radical (unpaired) electrons. The van der Waals surface area contributed by atoms with Gasteiger partial charge in [0.2, 0.25) is 11.8 Å². The van der Waals surface area contributed by atoms with Crippen molar-refractivity contribution in [2.24, 2.45) is 42.3 Å². The van der Waals surface area contributed by atoms with Crippen molar-refractivity contribution in [2.75, 3.05) is 0 Å². The first-order valence-electron chi connectivity index (χ1n) is 23.9. The second-order valence-electron chi connectivity index (χ2n) is 12.5. The molecule has 10 heterocycles. The van der Waals surface area contributed by atoms with Gasteiger partial charge in [-0.3, -0.25) is 9.36 Å². The predicted octanol–water partition coefficient (Wildman–Crippen LogP) is 8.62. The van der Waals surface area contributed by atoms with Crippen LogP contribution in [0, 0.1) is 62.3 Å². The highest BCUT2D eigenvalue weighted by Gasteiger charge is 1.94. The Kier molecular flexibility index (Phi) is 55.0. The van der Waals surface area contributed by atoms with Gasteiger partial charge in [-0.25, -0.2) is 14.3 Å². The van der Waals surface area contributed by atoms with Crippen LogP contribution in [0.4, 0.5) is 0 Å². The summed E-state index contributed by atoms with van der Waals surface area (Å²) in [5, 5.41) is 59.8. The maximum Gasteiger partial charge on any atom is 0.213 e. The van der Waals surface area contributed by atoms with Crippen LogP contribution < -0.4 is 0 Å². The lowest BCUT2D eigenvalue weighted by Gasteiger charge is -1.81. The molecule has 0 N–H and O–H groups in total. The predicted molar refractivity (Wildman–Crippen MR) is 296 cm³/mol. The molecular formula is C46H87N25O2S2. The van der Waals surface area contributed by atoms with Gasteiger partial charge in [0.05, 0.1) is 41.7 Å². The number of aromatic nitrogens is 25. The molecular weight excluding hydrogens is 999 g/mol. The Hall–Kier alpha value is -7.69. The summed E-state index contributed by atoms with van der Waals surface area (Å²) < 4.78 is 25.8. The van der Waals surface area contributed by atoms with Crippen LogP contribution in [0.5, 0.6) is 0 Å². The lowest BCUT2D eigenvalue weighted by Crippen LogP contribution is -1.92. The Bertz CT molecular complexity index is 2130. The van der Waals surface area contributed by atoms with Crippen LogP contribution in [0.3, 0.4) is 0 Å². The van der Waals surface area contributed by atoms with Gasteiger partial charge in [-0.2, -0.15) is 28.8 Å². The standard InChI is InChI=1S/C5H7N.2C4H6N2O.2C4H6N2S.C3H6N4.4C3H5N3.5C2H6/c1-6-4-2-3-5-6;1-3-5-6-4(2)7-3;1-3-4(2)6-7-5-3;1-3-5-6-4(2)7-3;1-3-4(2)6-7-5-3;1-3-4-5-6-7(3)2;1-6-2-4-5-3-6;1-6-3-4-2-5-6;1-6-3-2-4-5-6;1-6-4-2-3-5-6;5*1-2/h2-5H,1H3;5*1-2H3;4*2-3H,1H3;5*1-2H3. The Morgan fingerprint density at radius 2 is 0.947 bits per heavy atom. The zero-order valence-electron chi connectivity index (χ0n) is 49.2. The average molecular weight is 1090 g/mol. The summed E-state index contributed by atoms with van der Waals surface area (Å²) in [4.78, 5) is 5.17. The van der Waals surface area contributed by atoms with Gasteiger partial charge in [-0.05, 0) is 71.0 Å². The third kappa shape index (κ3) is 48.4. The van der Waals surface area contributed by atoms with E-state index in [0.717, 1.165) is 38.6 Å². The van der Waals surface area contributed by atoms with E-state index in [-0.39, 0.29) is 0 Å². The van der Waals surface area contributed by atoms with E-state index in [2.05, 4.69) is 100 Å². The Balaban J connectivity index is -0.000000238. The molecule has 0 unspecified atom stereocenters. The lowest BCUT2D eigenvalue weighted by atomic mass is 10.4. The smallest absolute Gasteiger partial charge is 0.213 e. The van der Waals surface area contributed by atoms with Gasteiger partial charge in [-0.1, -0.05) is 84.8 Å². The van der Waals surface area contributed by atoms with Gasteiger partial charge in [-0.15, -0.1) is 52.1 Å². The molecule has 0 saturated heterocycles. The molecule has 0 aliphatic heterocycles. The molecule has 0 saturated carbocycles. The first-order chi connectivity index (χ1) is 36.0. The SMILES string of the molecule is CC.CC.CC.CC.CC.Cc1nnc(C)o1.Cc1nnc(C)s1.Cc1nnnn1C.Cc1nonc1C.Cc1nsnc1C.Cn1cccc1.Cn1ccnn1.Cn1cncn1.Cn1cnnc1.Cn1nccn1. The quantitative estimate of drug-likeness (QED) is 0.137. The van der Waals surface area contributed by atoms with Gasteiger partial charge < -0.3 is 13.6 Å². The van der Waals surface area contributed by atoms with Crippen LogP contribution in [0.2, 0.25) is 0 Å². The van der Waals surface area contributed by atoms with E-state index in [1.54, 1.807) is 102 Å². The summed E-state index contributed by atoms with van der Waals surface area (Å²) in [6.07, 6.45) is 17.1. The minimum Gasteiger partial charge on any atom is -0.426 e. The molecule has 0 atom stereocenters. The van der Waals surface area contributed by atoms with Crippen LogP contribution in [0.1, 0.15) is 120 Å². The molecule has 10 aromatic heterocycles. The molecule has 27 nitrogen and oxygen atoms in total. The fourth-order valence-electron chi connectivity index (χ4n) is 3.11. The lowest BCUT2D eigenvalue weighted by molar-refractivity contribution is 0.302. The number of aryl methyl sites for hydroxylation is 15. The third-order valence-electron chi connectivity index (χ3n) is 6.74. The van der Waals surface area contributed by atoms with Crippen molar-refractivity contribution in [1.29, 1.82) is 0 Å². The Labute approximate surface area is 453 Å². The third-order valence-corrected chi connectivity index (χ3v) is 8.21. The van der Waals surface area contributed by atoms with E-state index in [1.807, 2.05) is 175 Å². The van der Waals surface area contributed by atoms with Crippen LogP contribution >= 0.6 is 23.1 Å². The van der Waals surface area contributed by atoms with Gasteiger partial charge in [0.25, 0.3) is 0 Å². The molecule has 0 amide bonds. The summed E-state index contributed by atoms with van der Waals surface area (Å²) >= 11 is 2.89. The van der Waals surface area contributed by atoms with Crippen LogP contribution in [-0.2, 0) is 42.3 Å². The second-order valence-corrected chi connectivity index (χ2v) is 14.5. The first-order valence-corrected chi connectivity index (χ1v) is 25.5. The topological polar surface area (TPSA) is 301 Å². The normalized spacial score (nSPS) is 8.33. The zero-order chi connectivity index (χ0) is 58.4. The van der Waals surface area contributed by atoms with Gasteiger partial charge in [0, 0.05) is 74.7 Å². The minimum absolute atomic E-state index is 0.623. The van der Waals surface area contributed by atoms with E-state index in [4.69, 9.17) is 4.42 Å². The molecule has 0 spiro atoms. The van der Waals surface area contributed by atoms with Gasteiger partial charge >= 0.3 is 0 Å². The molecule has 75 heavy (non-hydrogen) atoms. The van der Waals surface area contributed by atoms with Crippen molar-refractivity contribution in [3.05, 3.63) is 125 Å². The van der Waals surface area contributed by atoms with E-state index in [0.29, 0.717) is 11.8 Å². The van der Waals surface area contributed by atoms with Crippen molar-refractivity contribution in [1.82, 2.24) is 124 Å². The van der Waals surface area contributed by atoms with Crippen LogP contribution in [0.25, 0.3) is 0 Å². The molecule has 29 heteroatoms. The van der Waals surface area contributed by atoms with E-state index >= 15 is 0 Å². The van der Waals surface area contributed by atoms with Gasteiger partial charge in [0.15, 0.2) is 0 Å². The molecule has 0 bridgehead atoms. The van der Waals surface area contributed by atoms with E-state index < -0.39 is 0 Å². The summed E-state index contributed by atoms with van der Waals surface area (Å²) in [6.45, 7) is 36.9. The molecule has 0 aliphatic rings. The summed E-state index contributed by atoms with van der Waals surface area (Å²) in [5.41, 5.74) is 3.81. The van der Waals surface area contributed by atoms with Crippen molar-refractivity contribution < 1.29 is 9.05 Å². The number of rotatable bonds is 0. The highest BCUT2D eigenvalue weighted by molar-refractivity contribution is 7.11. The monoisotopic (exact) mass is 1090 g/mol. The van der Waals surface area contributed by atoms with Crippen LogP contribution in [-0.4, -0.2) is 124 Å². The Morgan fingerprint density at radius 1 is 0.467 bits per heavy atom. The number of hydrogen-bond acceptors (Lipinski definition) is 23. The molecule has 0 aromatic carbocycles. The minimum atomic E-state index is 0.623. The van der Waals surface area contributed by atoms with E-state index in [1.165, 1.54) is 22.9 Å². The van der Waals surface area contributed by atoms with Crippen molar-refractivity contribution in [3.63, 3.8) is 0 Å². The maximum absolute atomic E-state index is 4.86. The number of nitrogens with zero attached hydrogens (tertiary/aromatic N) is 25. The second kappa shape index (κ2) is 54.1. The number of tetrazole rings is 1. The average Bonchev–Trinajstić information content (AvgIpc) is 4.24. The molecule has 420 valence electrons. The Morgan fingerprint density at radius 3 is 1.08 bits per heavy atom. The fourth-order valence-corrected chi connectivity index (χ4v) is 4.25. The van der Waals surface area contributed by atoms with Crippen molar-refractivity contribution in [3.8, 4) is 0 Å². The fraction of sp³-hybridized carbons (Fsp3) is 0.543. The van der Waals surface area contributed by atoms with Crippen molar-refractivity contribution >= 4 is 23.1 Å². The van der Waals surface area contributed by atoms with Crippen molar-refractivity contribution in [2.45, 2.75) is 132 Å². The molecule has 0 fully saturated rings. The van der Waals surface area contributed by atoms with E-state index in [9.17, 15) is 0 Å². The molecule has 0 aliphatic carbocycles.